The molecule has 0 bridgehead atoms. The molecule has 132 valence electrons. The lowest BCUT2D eigenvalue weighted by atomic mass is 10.1. The van der Waals surface area contributed by atoms with Crippen LogP contribution >= 0.6 is 0 Å². The molecule has 0 spiro atoms. The lowest BCUT2D eigenvalue weighted by Crippen LogP contribution is -2.28. The monoisotopic (exact) mass is 352 g/mol. The molecule has 26 heavy (non-hydrogen) atoms. The summed E-state index contributed by atoms with van der Waals surface area (Å²) in [5.74, 6) is -1.58. The Morgan fingerprint density at radius 2 is 1.77 bits per heavy atom. The van der Waals surface area contributed by atoms with Crippen LogP contribution < -0.4 is 5.32 Å². The summed E-state index contributed by atoms with van der Waals surface area (Å²) < 4.78 is 9.53. The Morgan fingerprint density at radius 3 is 2.42 bits per heavy atom. The second kappa shape index (κ2) is 8.99. The third kappa shape index (κ3) is 5.18. The van der Waals surface area contributed by atoms with Crippen LogP contribution in [0.4, 0.5) is 0 Å². The van der Waals surface area contributed by atoms with Gasteiger partial charge in [0.05, 0.1) is 29.9 Å². The summed E-state index contributed by atoms with van der Waals surface area (Å²) in [7, 11) is 1.30. The number of carbonyl (C=O) groups is 3. The molecule has 0 aliphatic carbocycles. The molecular formula is C19H16N2O5. The predicted molar refractivity (Wildman–Crippen MR) is 91.1 cm³/mol. The summed E-state index contributed by atoms with van der Waals surface area (Å²) in [5.41, 5.74) is 1.73. The summed E-state index contributed by atoms with van der Waals surface area (Å²) in [4.78, 5) is 35.0. The van der Waals surface area contributed by atoms with Gasteiger partial charge in [-0.1, -0.05) is 18.2 Å². The first-order valence-electron chi connectivity index (χ1n) is 7.64. The van der Waals surface area contributed by atoms with Gasteiger partial charge in [0.2, 0.25) is 0 Å². The van der Waals surface area contributed by atoms with Gasteiger partial charge in [-0.2, -0.15) is 5.26 Å². The molecule has 1 amide bonds. The van der Waals surface area contributed by atoms with Crippen LogP contribution in [-0.4, -0.2) is 31.6 Å². The summed E-state index contributed by atoms with van der Waals surface area (Å²) in [6.45, 7) is -0.211. The van der Waals surface area contributed by atoms with Gasteiger partial charge in [-0.3, -0.25) is 4.79 Å². The minimum Gasteiger partial charge on any atom is -0.465 e. The highest BCUT2D eigenvalue weighted by Gasteiger charge is 2.11. The van der Waals surface area contributed by atoms with E-state index in [-0.39, 0.29) is 12.1 Å². The lowest BCUT2D eigenvalue weighted by molar-refractivity contribution is -0.124. The number of benzene rings is 2. The number of amides is 1. The molecule has 0 fully saturated rings. The van der Waals surface area contributed by atoms with Crippen molar-refractivity contribution >= 4 is 17.8 Å². The van der Waals surface area contributed by atoms with Crippen molar-refractivity contribution in [2.75, 3.05) is 13.7 Å². The summed E-state index contributed by atoms with van der Waals surface area (Å²) in [5, 5.41) is 11.4. The maximum atomic E-state index is 11.9. The standard InChI is InChI=1S/C19H16N2O5/c1-25-18(23)15-7-5-13(6-8-15)11-21-17(22)12-26-19(24)16-4-2-3-14(9-16)10-20/h2-9H,11-12H2,1H3,(H,21,22). The normalized spacial score (nSPS) is 9.69. The second-order valence-electron chi connectivity index (χ2n) is 5.23. The van der Waals surface area contributed by atoms with Gasteiger partial charge >= 0.3 is 11.9 Å². The predicted octanol–water partition coefficient (Wildman–Crippen LogP) is 1.82. The van der Waals surface area contributed by atoms with Gasteiger partial charge in [0.25, 0.3) is 5.91 Å². The van der Waals surface area contributed by atoms with E-state index in [1.165, 1.54) is 19.2 Å². The van der Waals surface area contributed by atoms with E-state index >= 15 is 0 Å². The van der Waals surface area contributed by atoms with Crippen LogP contribution in [0.25, 0.3) is 0 Å². The lowest BCUT2D eigenvalue weighted by Gasteiger charge is -2.07. The number of rotatable bonds is 6. The Morgan fingerprint density at radius 1 is 1.04 bits per heavy atom. The molecule has 0 aliphatic rings. The molecule has 0 aliphatic heterocycles. The third-order valence-corrected chi connectivity index (χ3v) is 3.43. The van der Waals surface area contributed by atoms with E-state index in [1.54, 1.807) is 36.4 Å². The fourth-order valence-corrected chi connectivity index (χ4v) is 2.06. The molecular weight excluding hydrogens is 336 g/mol. The molecule has 0 unspecified atom stereocenters. The maximum Gasteiger partial charge on any atom is 0.338 e. The highest BCUT2D eigenvalue weighted by Crippen LogP contribution is 2.07. The van der Waals surface area contributed by atoms with Crippen LogP contribution in [0.2, 0.25) is 0 Å². The van der Waals surface area contributed by atoms with E-state index < -0.39 is 24.5 Å². The number of hydrogen-bond acceptors (Lipinski definition) is 6. The van der Waals surface area contributed by atoms with Gasteiger partial charge in [0, 0.05) is 6.54 Å². The molecule has 2 aromatic rings. The number of esters is 2. The first-order valence-corrected chi connectivity index (χ1v) is 7.64. The van der Waals surface area contributed by atoms with Gasteiger partial charge in [-0.15, -0.1) is 0 Å². The van der Waals surface area contributed by atoms with E-state index in [2.05, 4.69) is 10.1 Å². The summed E-state index contributed by atoms with van der Waals surface area (Å²) in [6, 6.07) is 14.5. The van der Waals surface area contributed by atoms with E-state index in [1.807, 2.05) is 6.07 Å². The van der Waals surface area contributed by atoms with Gasteiger partial charge < -0.3 is 14.8 Å². The minimum atomic E-state index is -0.681. The number of ether oxygens (including phenoxy) is 2. The molecule has 0 saturated carbocycles. The smallest absolute Gasteiger partial charge is 0.338 e. The average molecular weight is 352 g/mol. The molecule has 2 rings (SSSR count). The average Bonchev–Trinajstić information content (AvgIpc) is 2.70. The van der Waals surface area contributed by atoms with Gasteiger partial charge in [0.15, 0.2) is 6.61 Å². The van der Waals surface area contributed by atoms with Gasteiger partial charge in [-0.05, 0) is 35.9 Å². The number of nitrogens with zero attached hydrogens (tertiary/aromatic N) is 1. The topological polar surface area (TPSA) is 105 Å². The molecule has 7 heteroatoms. The Hall–Kier alpha value is -3.66. The van der Waals surface area contributed by atoms with E-state index in [9.17, 15) is 14.4 Å². The maximum absolute atomic E-state index is 11.9. The van der Waals surface area contributed by atoms with Crippen LogP contribution in [-0.2, 0) is 20.8 Å². The summed E-state index contributed by atoms with van der Waals surface area (Å²) >= 11 is 0. The molecule has 0 aromatic heterocycles. The first kappa shape index (κ1) is 18.7. The van der Waals surface area contributed by atoms with E-state index in [4.69, 9.17) is 10.00 Å². The fraction of sp³-hybridized carbons (Fsp3) is 0.158. The number of hydrogen-bond donors (Lipinski definition) is 1. The molecule has 7 nitrogen and oxygen atoms in total. The number of nitrogens with one attached hydrogen (secondary N) is 1. The Balaban J connectivity index is 1.80. The molecule has 1 N–H and O–H groups in total. The molecule has 0 saturated heterocycles. The zero-order valence-corrected chi connectivity index (χ0v) is 14.0. The van der Waals surface area contributed by atoms with Crippen molar-refractivity contribution in [1.82, 2.24) is 5.32 Å². The SMILES string of the molecule is COC(=O)c1ccc(CNC(=O)COC(=O)c2cccc(C#N)c2)cc1. The van der Waals surface area contributed by atoms with Crippen molar-refractivity contribution in [3.63, 3.8) is 0 Å². The summed E-state index contributed by atoms with van der Waals surface area (Å²) in [6.07, 6.45) is 0. The van der Waals surface area contributed by atoms with Crippen molar-refractivity contribution in [3.8, 4) is 6.07 Å². The Bertz CT molecular complexity index is 853. The highest BCUT2D eigenvalue weighted by molar-refractivity contribution is 5.91. The molecule has 2 aromatic carbocycles. The number of nitriles is 1. The van der Waals surface area contributed by atoms with Crippen molar-refractivity contribution in [1.29, 1.82) is 5.26 Å². The number of methoxy groups -OCH3 is 1. The molecule has 0 atom stereocenters. The number of carbonyl (C=O) groups excluding carboxylic acids is 3. The fourth-order valence-electron chi connectivity index (χ4n) is 2.06. The van der Waals surface area contributed by atoms with E-state index in [0.717, 1.165) is 5.56 Å². The van der Waals surface area contributed by atoms with Crippen LogP contribution in [0.3, 0.4) is 0 Å². The zero-order valence-electron chi connectivity index (χ0n) is 14.0. The van der Waals surface area contributed by atoms with Gasteiger partial charge in [-0.25, -0.2) is 9.59 Å². The van der Waals surface area contributed by atoms with Crippen LogP contribution in [0.15, 0.2) is 48.5 Å². The van der Waals surface area contributed by atoms with E-state index in [0.29, 0.717) is 11.1 Å². The van der Waals surface area contributed by atoms with Crippen molar-refractivity contribution in [2.24, 2.45) is 0 Å². The highest BCUT2D eigenvalue weighted by atomic mass is 16.5. The van der Waals surface area contributed by atoms with Crippen LogP contribution in [0.1, 0.15) is 31.8 Å². The minimum absolute atomic E-state index is 0.204. The van der Waals surface area contributed by atoms with Crippen molar-refractivity contribution in [2.45, 2.75) is 6.54 Å². The Kier molecular flexibility index (Phi) is 6.46. The van der Waals surface area contributed by atoms with Crippen molar-refractivity contribution < 1.29 is 23.9 Å². The van der Waals surface area contributed by atoms with Gasteiger partial charge in [0.1, 0.15) is 0 Å². The third-order valence-electron chi connectivity index (χ3n) is 3.43. The Labute approximate surface area is 150 Å². The van der Waals surface area contributed by atoms with Crippen molar-refractivity contribution in [3.05, 3.63) is 70.8 Å². The molecule has 0 radical (unpaired) electrons. The quantitative estimate of drug-likeness (QED) is 0.795. The first-order chi connectivity index (χ1) is 12.5. The second-order valence-corrected chi connectivity index (χ2v) is 5.23. The van der Waals surface area contributed by atoms with Crippen LogP contribution in [0, 0.1) is 11.3 Å². The zero-order chi connectivity index (χ0) is 18.9. The molecule has 0 heterocycles. The largest absolute Gasteiger partial charge is 0.465 e. The van der Waals surface area contributed by atoms with Crippen LogP contribution in [0.5, 0.6) is 0 Å².